The fraction of sp³-hybridized carbons (Fsp3) is 0.417. The van der Waals surface area contributed by atoms with Gasteiger partial charge in [0.2, 0.25) is 0 Å². The largest absolute Gasteiger partial charge is 0.360 e. The van der Waals surface area contributed by atoms with Crippen molar-refractivity contribution in [1.82, 2.24) is 14.5 Å². The molecule has 0 fully saturated rings. The van der Waals surface area contributed by atoms with Crippen LogP contribution in [0.15, 0.2) is 22.6 Å². The monoisotopic (exact) mass is 264 g/mol. The number of rotatable bonds is 5. The van der Waals surface area contributed by atoms with E-state index in [9.17, 15) is 4.79 Å². The zero-order chi connectivity index (χ0) is 13.0. The first-order chi connectivity index (χ1) is 8.70. The van der Waals surface area contributed by atoms with Gasteiger partial charge in [-0.1, -0.05) is 6.92 Å². The Bertz CT molecular complexity index is 575. The first kappa shape index (κ1) is 12.8. The molecule has 6 heteroatoms. The molecule has 0 saturated carbocycles. The number of aromatic nitrogens is 3. The van der Waals surface area contributed by atoms with E-state index < -0.39 is 0 Å². The summed E-state index contributed by atoms with van der Waals surface area (Å²) in [6.07, 6.45) is 4.28. The molecule has 18 heavy (non-hydrogen) atoms. The number of thiazole rings is 1. The first-order valence-corrected chi connectivity index (χ1v) is 6.79. The van der Waals surface area contributed by atoms with Crippen molar-refractivity contribution >= 4 is 17.2 Å². The van der Waals surface area contributed by atoms with Crippen molar-refractivity contribution in [3.63, 3.8) is 0 Å². The van der Waals surface area contributed by atoms with Gasteiger partial charge >= 0.3 is 0 Å². The van der Waals surface area contributed by atoms with Gasteiger partial charge in [-0.3, -0.25) is 4.79 Å². The van der Waals surface area contributed by atoms with Crippen molar-refractivity contribution < 1.29 is 0 Å². The summed E-state index contributed by atoms with van der Waals surface area (Å²) in [5.41, 5.74) is 0.857. The summed E-state index contributed by atoms with van der Waals surface area (Å²) in [7, 11) is 0. The standard InChI is InChI=1S/C12H16N4OS/c1-3-5-16-6-4-13-11(12(16)17)14-7-10-8-18-9(2)15-10/h4,6,8H,3,5,7H2,1-2H3,(H,13,14). The minimum Gasteiger partial charge on any atom is -0.360 e. The summed E-state index contributed by atoms with van der Waals surface area (Å²) in [5, 5.41) is 6.05. The highest BCUT2D eigenvalue weighted by Crippen LogP contribution is 2.08. The second-order valence-electron chi connectivity index (χ2n) is 3.99. The molecule has 0 aliphatic carbocycles. The van der Waals surface area contributed by atoms with Crippen LogP contribution in [0.3, 0.4) is 0 Å². The molecule has 96 valence electrons. The van der Waals surface area contributed by atoms with Crippen LogP contribution in [0.25, 0.3) is 0 Å². The van der Waals surface area contributed by atoms with E-state index in [4.69, 9.17) is 0 Å². The Labute approximate surface area is 110 Å². The molecule has 0 spiro atoms. The Morgan fingerprint density at radius 1 is 1.50 bits per heavy atom. The molecule has 0 saturated heterocycles. The highest BCUT2D eigenvalue weighted by atomic mass is 32.1. The summed E-state index contributed by atoms with van der Waals surface area (Å²) in [6, 6.07) is 0. The van der Waals surface area contributed by atoms with E-state index in [1.54, 1.807) is 28.3 Å². The van der Waals surface area contributed by atoms with Crippen molar-refractivity contribution in [1.29, 1.82) is 0 Å². The quantitative estimate of drug-likeness (QED) is 0.897. The molecule has 0 unspecified atom stereocenters. The smallest absolute Gasteiger partial charge is 0.293 e. The predicted octanol–water partition coefficient (Wildman–Crippen LogP) is 2.03. The Balaban J connectivity index is 2.09. The van der Waals surface area contributed by atoms with Crippen LogP contribution in [0.2, 0.25) is 0 Å². The van der Waals surface area contributed by atoms with Crippen LogP contribution in [-0.2, 0) is 13.1 Å². The highest BCUT2D eigenvalue weighted by molar-refractivity contribution is 7.09. The Morgan fingerprint density at radius 3 is 3.00 bits per heavy atom. The minimum absolute atomic E-state index is 0.0775. The van der Waals surface area contributed by atoms with Gasteiger partial charge in [0, 0.05) is 24.3 Å². The molecule has 0 bridgehead atoms. The number of nitrogens with zero attached hydrogens (tertiary/aromatic N) is 3. The fourth-order valence-electron chi connectivity index (χ4n) is 1.65. The van der Waals surface area contributed by atoms with Crippen LogP contribution < -0.4 is 10.9 Å². The molecule has 2 rings (SSSR count). The Morgan fingerprint density at radius 2 is 2.33 bits per heavy atom. The maximum atomic E-state index is 12.0. The van der Waals surface area contributed by atoms with Crippen LogP contribution in [0.1, 0.15) is 24.0 Å². The molecule has 1 N–H and O–H groups in total. The van der Waals surface area contributed by atoms with Gasteiger partial charge in [0.1, 0.15) is 0 Å². The van der Waals surface area contributed by atoms with Gasteiger partial charge in [0.25, 0.3) is 5.56 Å². The van der Waals surface area contributed by atoms with Crippen molar-refractivity contribution in [2.24, 2.45) is 0 Å². The summed E-state index contributed by atoms with van der Waals surface area (Å²) in [4.78, 5) is 20.4. The van der Waals surface area contributed by atoms with Gasteiger partial charge in [-0.25, -0.2) is 9.97 Å². The molecule has 2 aromatic heterocycles. The molecular weight excluding hydrogens is 248 g/mol. The summed E-state index contributed by atoms with van der Waals surface area (Å²) >= 11 is 1.60. The van der Waals surface area contributed by atoms with Crippen LogP contribution >= 0.6 is 11.3 Å². The average molecular weight is 264 g/mol. The van der Waals surface area contributed by atoms with E-state index in [0.717, 1.165) is 17.1 Å². The van der Waals surface area contributed by atoms with Gasteiger partial charge < -0.3 is 9.88 Å². The second kappa shape index (κ2) is 5.77. The third-order valence-corrected chi connectivity index (χ3v) is 3.30. The zero-order valence-corrected chi connectivity index (χ0v) is 11.3. The van der Waals surface area contributed by atoms with Gasteiger partial charge in [-0.2, -0.15) is 0 Å². The molecule has 2 heterocycles. The molecular formula is C12H16N4OS. The van der Waals surface area contributed by atoms with E-state index in [1.807, 2.05) is 19.2 Å². The van der Waals surface area contributed by atoms with E-state index in [1.165, 1.54) is 0 Å². The topological polar surface area (TPSA) is 59.8 Å². The highest BCUT2D eigenvalue weighted by Gasteiger charge is 2.05. The molecule has 0 aromatic carbocycles. The lowest BCUT2D eigenvalue weighted by Crippen LogP contribution is -2.24. The zero-order valence-electron chi connectivity index (χ0n) is 10.5. The van der Waals surface area contributed by atoms with Crippen LogP contribution in [-0.4, -0.2) is 14.5 Å². The molecule has 0 aliphatic rings. The number of nitrogens with one attached hydrogen (secondary N) is 1. The Hall–Kier alpha value is -1.69. The van der Waals surface area contributed by atoms with Crippen LogP contribution in [0, 0.1) is 6.92 Å². The minimum atomic E-state index is -0.0775. The van der Waals surface area contributed by atoms with Crippen LogP contribution in [0.4, 0.5) is 5.82 Å². The first-order valence-electron chi connectivity index (χ1n) is 5.91. The van der Waals surface area contributed by atoms with Crippen molar-refractivity contribution in [3.8, 4) is 0 Å². The molecule has 0 amide bonds. The second-order valence-corrected chi connectivity index (χ2v) is 5.05. The summed E-state index contributed by atoms with van der Waals surface area (Å²) < 4.78 is 1.67. The number of aryl methyl sites for hydroxylation is 2. The third kappa shape index (κ3) is 2.95. The van der Waals surface area contributed by atoms with E-state index in [0.29, 0.717) is 18.9 Å². The van der Waals surface area contributed by atoms with Crippen molar-refractivity contribution in [3.05, 3.63) is 38.8 Å². The molecule has 0 atom stereocenters. The lowest BCUT2D eigenvalue weighted by atomic mass is 10.4. The van der Waals surface area contributed by atoms with Crippen LogP contribution in [0.5, 0.6) is 0 Å². The van der Waals surface area contributed by atoms with Gasteiger partial charge in [0.05, 0.1) is 17.2 Å². The third-order valence-electron chi connectivity index (χ3n) is 2.48. The number of hydrogen-bond donors (Lipinski definition) is 1. The van der Waals surface area contributed by atoms with Gasteiger partial charge in [-0.05, 0) is 13.3 Å². The van der Waals surface area contributed by atoms with E-state index in [2.05, 4.69) is 15.3 Å². The molecule has 2 aromatic rings. The molecule has 5 nitrogen and oxygen atoms in total. The average Bonchev–Trinajstić information content (AvgIpc) is 2.77. The lowest BCUT2D eigenvalue weighted by Gasteiger charge is -2.06. The van der Waals surface area contributed by atoms with Gasteiger partial charge in [0.15, 0.2) is 5.82 Å². The van der Waals surface area contributed by atoms with Crippen molar-refractivity contribution in [2.75, 3.05) is 5.32 Å². The molecule has 0 radical (unpaired) electrons. The normalized spacial score (nSPS) is 10.6. The van der Waals surface area contributed by atoms with E-state index >= 15 is 0 Å². The number of anilines is 1. The Kier molecular flexibility index (Phi) is 4.09. The molecule has 0 aliphatic heterocycles. The summed E-state index contributed by atoms with van der Waals surface area (Å²) in [5.74, 6) is 0.386. The maximum absolute atomic E-state index is 12.0. The van der Waals surface area contributed by atoms with E-state index in [-0.39, 0.29) is 5.56 Å². The van der Waals surface area contributed by atoms with Gasteiger partial charge in [-0.15, -0.1) is 11.3 Å². The maximum Gasteiger partial charge on any atom is 0.293 e. The van der Waals surface area contributed by atoms with Crippen molar-refractivity contribution in [2.45, 2.75) is 33.4 Å². The SMILES string of the molecule is CCCn1ccnc(NCc2csc(C)n2)c1=O. The number of hydrogen-bond acceptors (Lipinski definition) is 5. The lowest BCUT2D eigenvalue weighted by molar-refractivity contribution is 0.649. The predicted molar refractivity (Wildman–Crippen MR) is 73.0 cm³/mol. The fourth-order valence-corrected chi connectivity index (χ4v) is 2.26. The summed E-state index contributed by atoms with van der Waals surface area (Å²) in [6.45, 7) is 5.25.